The Bertz CT molecular complexity index is 170. The first-order valence-corrected chi connectivity index (χ1v) is 3.18. The Balaban J connectivity index is 4.01. The Labute approximate surface area is 66.0 Å². The van der Waals surface area contributed by atoms with Gasteiger partial charge in [-0.25, -0.2) is 4.79 Å². The largest absolute Gasteiger partial charge is 0.459 e. The van der Waals surface area contributed by atoms with Gasteiger partial charge in [0.15, 0.2) is 5.60 Å². The van der Waals surface area contributed by atoms with Crippen LogP contribution in [0.5, 0.6) is 0 Å². The second-order valence-corrected chi connectivity index (χ2v) is 2.24. The summed E-state index contributed by atoms with van der Waals surface area (Å²) in [6.07, 6.45) is 2.55. The van der Waals surface area contributed by atoms with E-state index in [9.17, 15) is 9.90 Å². The van der Waals surface area contributed by atoms with E-state index in [0.717, 1.165) is 6.08 Å². The standard InChI is InChI=1S/C8H12O3/c1-4-6-11-7(9)8(3,10)5-2/h4-5,10H,1-2,6H2,3H3. The summed E-state index contributed by atoms with van der Waals surface area (Å²) in [5, 5.41) is 9.19. The fourth-order valence-electron chi connectivity index (χ4n) is 0.364. The number of rotatable bonds is 4. The average Bonchev–Trinajstić information content (AvgIpc) is 2.00. The molecule has 0 aromatic rings. The van der Waals surface area contributed by atoms with Gasteiger partial charge in [0.2, 0.25) is 0 Å². The lowest BCUT2D eigenvalue weighted by Gasteiger charge is -2.15. The van der Waals surface area contributed by atoms with E-state index >= 15 is 0 Å². The van der Waals surface area contributed by atoms with Crippen LogP contribution in [-0.2, 0) is 9.53 Å². The highest BCUT2D eigenvalue weighted by Crippen LogP contribution is 2.06. The van der Waals surface area contributed by atoms with Crippen LogP contribution in [-0.4, -0.2) is 23.3 Å². The third kappa shape index (κ3) is 3.00. The Kier molecular flexibility index (Phi) is 3.54. The predicted molar refractivity (Wildman–Crippen MR) is 42.0 cm³/mol. The highest BCUT2D eigenvalue weighted by molar-refractivity contribution is 5.81. The lowest BCUT2D eigenvalue weighted by atomic mass is 10.1. The van der Waals surface area contributed by atoms with E-state index in [4.69, 9.17) is 0 Å². The van der Waals surface area contributed by atoms with Gasteiger partial charge in [-0.1, -0.05) is 19.2 Å². The van der Waals surface area contributed by atoms with Gasteiger partial charge in [-0.3, -0.25) is 0 Å². The molecular formula is C8H12O3. The van der Waals surface area contributed by atoms with Gasteiger partial charge < -0.3 is 9.84 Å². The van der Waals surface area contributed by atoms with Crippen LogP contribution in [0.2, 0.25) is 0 Å². The van der Waals surface area contributed by atoms with E-state index in [1.165, 1.54) is 13.0 Å². The Morgan fingerprint density at radius 1 is 1.73 bits per heavy atom. The first kappa shape index (κ1) is 9.91. The number of hydrogen-bond acceptors (Lipinski definition) is 3. The Morgan fingerprint density at radius 2 is 2.27 bits per heavy atom. The number of hydrogen-bond donors (Lipinski definition) is 1. The van der Waals surface area contributed by atoms with Crippen LogP contribution in [0.1, 0.15) is 6.92 Å². The summed E-state index contributed by atoms with van der Waals surface area (Å²) >= 11 is 0. The maximum absolute atomic E-state index is 10.9. The summed E-state index contributed by atoms with van der Waals surface area (Å²) in [5.74, 6) is -0.715. The maximum atomic E-state index is 10.9. The third-order valence-electron chi connectivity index (χ3n) is 1.14. The van der Waals surface area contributed by atoms with Crippen molar-refractivity contribution in [3.05, 3.63) is 25.3 Å². The zero-order chi connectivity index (χ0) is 8.91. The van der Waals surface area contributed by atoms with Crippen molar-refractivity contribution in [2.45, 2.75) is 12.5 Å². The van der Waals surface area contributed by atoms with Crippen LogP contribution in [0.3, 0.4) is 0 Å². The smallest absolute Gasteiger partial charge is 0.342 e. The van der Waals surface area contributed by atoms with Crippen molar-refractivity contribution in [1.82, 2.24) is 0 Å². The van der Waals surface area contributed by atoms with Crippen molar-refractivity contribution in [2.24, 2.45) is 0 Å². The quantitative estimate of drug-likeness (QED) is 0.480. The van der Waals surface area contributed by atoms with E-state index in [1.54, 1.807) is 0 Å². The molecule has 0 fully saturated rings. The van der Waals surface area contributed by atoms with Crippen LogP contribution >= 0.6 is 0 Å². The first-order valence-electron chi connectivity index (χ1n) is 3.18. The molecular weight excluding hydrogens is 144 g/mol. The second kappa shape index (κ2) is 3.93. The predicted octanol–water partition coefficient (Wildman–Crippen LogP) is 0.653. The minimum absolute atomic E-state index is 0.100. The zero-order valence-electron chi connectivity index (χ0n) is 6.54. The molecule has 62 valence electrons. The highest BCUT2D eigenvalue weighted by atomic mass is 16.5. The summed E-state index contributed by atoms with van der Waals surface area (Å²) in [6, 6.07) is 0. The van der Waals surface area contributed by atoms with Crippen LogP contribution in [0.4, 0.5) is 0 Å². The summed E-state index contributed by atoms with van der Waals surface area (Å²) in [4.78, 5) is 10.9. The average molecular weight is 156 g/mol. The Hall–Kier alpha value is -1.09. The normalized spacial score (nSPS) is 14.7. The van der Waals surface area contributed by atoms with Crippen LogP contribution in [0.25, 0.3) is 0 Å². The molecule has 1 atom stereocenters. The molecule has 0 radical (unpaired) electrons. The molecule has 0 aliphatic heterocycles. The van der Waals surface area contributed by atoms with E-state index in [-0.39, 0.29) is 6.61 Å². The SMILES string of the molecule is C=CCOC(=O)C(C)(O)C=C. The summed E-state index contributed by atoms with van der Waals surface area (Å²) in [7, 11) is 0. The van der Waals surface area contributed by atoms with Crippen molar-refractivity contribution < 1.29 is 14.6 Å². The van der Waals surface area contributed by atoms with E-state index in [2.05, 4.69) is 17.9 Å². The van der Waals surface area contributed by atoms with E-state index in [0.29, 0.717) is 0 Å². The molecule has 0 aliphatic carbocycles. The first-order chi connectivity index (χ1) is 5.04. The Morgan fingerprint density at radius 3 is 2.64 bits per heavy atom. The molecule has 0 heterocycles. The topological polar surface area (TPSA) is 46.5 Å². The number of carbonyl (C=O) groups excluding carboxylic acids is 1. The van der Waals surface area contributed by atoms with Gasteiger partial charge in [0, 0.05) is 0 Å². The van der Waals surface area contributed by atoms with Crippen molar-refractivity contribution >= 4 is 5.97 Å². The molecule has 1 N–H and O–H groups in total. The van der Waals surface area contributed by atoms with Gasteiger partial charge in [0.05, 0.1) is 0 Å². The highest BCUT2D eigenvalue weighted by Gasteiger charge is 2.27. The minimum Gasteiger partial charge on any atom is -0.459 e. The number of aliphatic hydroxyl groups is 1. The minimum atomic E-state index is -1.59. The molecule has 0 saturated heterocycles. The number of esters is 1. The molecule has 0 amide bonds. The van der Waals surface area contributed by atoms with E-state index in [1.807, 2.05) is 0 Å². The molecule has 3 heteroatoms. The number of carbonyl (C=O) groups is 1. The lowest BCUT2D eigenvalue weighted by Crippen LogP contribution is -2.34. The molecule has 0 saturated carbocycles. The van der Waals surface area contributed by atoms with Gasteiger partial charge in [0.25, 0.3) is 0 Å². The van der Waals surface area contributed by atoms with E-state index < -0.39 is 11.6 Å². The molecule has 0 aromatic heterocycles. The summed E-state index contributed by atoms with van der Waals surface area (Å²) < 4.78 is 4.57. The van der Waals surface area contributed by atoms with Crippen LogP contribution in [0, 0.1) is 0 Å². The molecule has 0 bridgehead atoms. The van der Waals surface area contributed by atoms with Crippen molar-refractivity contribution in [2.75, 3.05) is 6.61 Å². The van der Waals surface area contributed by atoms with Gasteiger partial charge in [-0.05, 0) is 13.0 Å². The molecule has 0 aromatic carbocycles. The van der Waals surface area contributed by atoms with Gasteiger partial charge in [-0.2, -0.15) is 0 Å². The maximum Gasteiger partial charge on any atom is 0.342 e. The molecule has 11 heavy (non-hydrogen) atoms. The van der Waals surface area contributed by atoms with Crippen molar-refractivity contribution in [3.8, 4) is 0 Å². The lowest BCUT2D eigenvalue weighted by molar-refractivity contribution is -0.157. The van der Waals surface area contributed by atoms with Gasteiger partial charge >= 0.3 is 5.97 Å². The third-order valence-corrected chi connectivity index (χ3v) is 1.14. The van der Waals surface area contributed by atoms with Gasteiger partial charge in [-0.15, -0.1) is 0 Å². The summed E-state index contributed by atoms with van der Waals surface area (Å²) in [5.41, 5.74) is -1.59. The molecule has 3 nitrogen and oxygen atoms in total. The fourth-order valence-corrected chi connectivity index (χ4v) is 0.364. The molecule has 1 unspecified atom stereocenters. The van der Waals surface area contributed by atoms with Crippen molar-refractivity contribution in [3.63, 3.8) is 0 Å². The zero-order valence-corrected chi connectivity index (χ0v) is 6.54. The summed E-state index contributed by atoms with van der Waals surface area (Å²) in [6.45, 7) is 8.05. The monoisotopic (exact) mass is 156 g/mol. The molecule has 0 aliphatic rings. The van der Waals surface area contributed by atoms with Crippen LogP contribution < -0.4 is 0 Å². The fraction of sp³-hybridized carbons (Fsp3) is 0.375. The second-order valence-electron chi connectivity index (χ2n) is 2.24. The van der Waals surface area contributed by atoms with Gasteiger partial charge in [0.1, 0.15) is 6.61 Å². The number of ether oxygens (including phenoxy) is 1. The van der Waals surface area contributed by atoms with Crippen molar-refractivity contribution in [1.29, 1.82) is 0 Å². The van der Waals surface area contributed by atoms with Crippen LogP contribution in [0.15, 0.2) is 25.3 Å². The molecule has 0 rings (SSSR count). The molecule has 0 spiro atoms.